The molecule has 1 heteroatoms. The van der Waals surface area contributed by atoms with Gasteiger partial charge in [-0.05, 0) is 36.5 Å². The predicted molar refractivity (Wildman–Crippen MR) is 29.3 cm³/mol. The van der Waals surface area contributed by atoms with Crippen molar-refractivity contribution in [2.24, 2.45) is 17.3 Å². The zero-order valence-electron chi connectivity index (χ0n) is 4.80. The Labute approximate surface area is 48.7 Å². The molecule has 0 aromatic carbocycles. The maximum Gasteiger partial charge on any atom is 0.0576 e. The van der Waals surface area contributed by atoms with Crippen LogP contribution in [0.4, 0.5) is 0 Å². The highest BCUT2D eigenvalue weighted by Crippen LogP contribution is 2.81. The SMILES string of the molecule is OC1CC2CC23CC13. The van der Waals surface area contributed by atoms with Crippen LogP contribution in [0.1, 0.15) is 19.3 Å². The summed E-state index contributed by atoms with van der Waals surface area (Å²) in [5.74, 6) is 1.72. The van der Waals surface area contributed by atoms with Crippen LogP contribution >= 0.6 is 0 Å². The van der Waals surface area contributed by atoms with Crippen molar-refractivity contribution in [3.63, 3.8) is 0 Å². The van der Waals surface area contributed by atoms with E-state index in [1.807, 2.05) is 0 Å². The Kier molecular flexibility index (Phi) is 0.372. The van der Waals surface area contributed by atoms with Gasteiger partial charge in [-0.3, -0.25) is 0 Å². The summed E-state index contributed by atoms with van der Waals surface area (Å²) in [6.45, 7) is 0. The van der Waals surface area contributed by atoms with Crippen LogP contribution in [0.25, 0.3) is 0 Å². The quantitative estimate of drug-likeness (QED) is 0.488. The van der Waals surface area contributed by atoms with E-state index in [0.29, 0.717) is 0 Å². The molecule has 0 saturated heterocycles. The van der Waals surface area contributed by atoms with Gasteiger partial charge >= 0.3 is 0 Å². The molecule has 4 unspecified atom stereocenters. The molecule has 0 aliphatic heterocycles. The zero-order valence-corrected chi connectivity index (χ0v) is 4.80. The lowest BCUT2D eigenvalue weighted by Crippen LogP contribution is -2.05. The van der Waals surface area contributed by atoms with Crippen molar-refractivity contribution in [2.45, 2.75) is 25.4 Å². The monoisotopic (exact) mass is 110 g/mol. The van der Waals surface area contributed by atoms with Gasteiger partial charge in [0.15, 0.2) is 0 Å². The van der Waals surface area contributed by atoms with Crippen molar-refractivity contribution < 1.29 is 5.11 Å². The molecule has 44 valence electrons. The first-order valence-electron chi connectivity index (χ1n) is 3.51. The number of hydrogen-bond acceptors (Lipinski definition) is 1. The van der Waals surface area contributed by atoms with Gasteiger partial charge in [-0.25, -0.2) is 0 Å². The van der Waals surface area contributed by atoms with Crippen molar-refractivity contribution in [1.82, 2.24) is 0 Å². The van der Waals surface area contributed by atoms with E-state index in [9.17, 15) is 5.11 Å². The fourth-order valence-corrected chi connectivity index (χ4v) is 2.75. The Balaban J connectivity index is 2.02. The third-order valence-corrected chi connectivity index (χ3v) is 3.45. The molecule has 0 bridgehead atoms. The third kappa shape index (κ3) is 0.218. The fraction of sp³-hybridized carbons (Fsp3) is 1.00. The predicted octanol–water partition coefficient (Wildman–Crippen LogP) is 0.777. The molecule has 3 saturated carbocycles. The van der Waals surface area contributed by atoms with E-state index in [-0.39, 0.29) is 6.10 Å². The van der Waals surface area contributed by atoms with Crippen molar-refractivity contribution >= 4 is 0 Å². The van der Waals surface area contributed by atoms with Crippen LogP contribution in [0.3, 0.4) is 0 Å². The van der Waals surface area contributed by atoms with Crippen LogP contribution in [0, 0.1) is 17.3 Å². The topological polar surface area (TPSA) is 20.2 Å². The molecule has 0 heterocycles. The van der Waals surface area contributed by atoms with Crippen molar-refractivity contribution in [1.29, 1.82) is 0 Å². The van der Waals surface area contributed by atoms with Crippen LogP contribution in [-0.2, 0) is 0 Å². The number of rotatable bonds is 0. The van der Waals surface area contributed by atoms with E-state index in [4.69, 9.17) is 0 Å². The van der Waals surface area contributed by atoms with Crippen molar-refractivity contribution in [2.75, 3.05) is 0 Å². The molecule has 3 rings (SSSR count). The molecule has 3 fully saturated rings. The smallest absolute Gasteiger partial charge is 0.0576 e. The second-order valence-corrected chi connectivity index (χ2v) is 3.75. The van der Waals surface area contributed by atoms with Gasteiger partial charge in [0.1, 0.15) is 0 Å². The molecule has 0 amide bonds. The average molecular weight is 110 g/mol. The lowest BCUT2D eigenvalue weighted by atomic mass is 10.2. The average Bonchev–Trinajstić information content (AvgIpc) is 2.51. The maximum absolute atomic E-state index is 9.23. The van der Waals surface area contributed by atoms with E-state index < -0.39 is 0 Å². The Morgan fingerprint density at radius 1 is 1.38 bits per heavy atom. The van der Waals surface area contributed by atoms with E-state index >= 15 is 0 Å². The normalized spacial score (nSPS) is 73.9. The summed E-state index contributed by atoms with van der Waals surface area (Å²) in [5, 5.41) is 9.23. The summed E-state index contributed by atoms with van der Waals surface area (Å²) in [5.41, 5.74) is 0.749. The molecule has 8 heavy (non-hydrogen) atoms. The number of hydrogen-bond donors (Lipinski definition) is 1. The van der Waals surface area contributed by atoms with Gasteiger partial charge in [0.2, 0.25) is 0 Å². The molecule has 1 nitrogen and oxygen atoms in total. The molecule has 3 aliphatic rings. The van der Waals surface area contributed by atoms with Gasteiger partial charge < -0.3 is 5.11 Å². The Morgan fingerprint density at radius 3 is 2.50 bits per heavy atom. The highest BCUT2D eigenvalue weighted by Gasteiger charge is 2.76. The molecule has 1 spiro atoms. The first kappa shape index (κ1) is 3.89. The summed E-state index contributed by atoms with van der Waals surface area (Å²) in [4.78, 5) is 0. The Morgan fingerprint density at radius 2 is 2.25 bits per heavy atom. The molecular weight excluding hydrogens is 100 g/mol. The highest BCUT2D eigenvalue weighted by molar-refractivity contribution is 5.25. The Bertz CT molecular complexity index is 154. The van der Waals surface area contributed by atoms with Crippen LogP contribution in [-0.4, -0.2) is 11.2 Å². The van der Waals surface area contributed by atoms with E-state index in [2.05, 4.69) is 0 Å². The summed E-state index contributed by atoms with van der Waals surface area (Å²) in [7, 11) is 0. The molecule has 1 N–H and O–H groups in total. The summed E-state index contributed by atoms with van der Waals surface area (Å²) in [6.07, 6.45) is 4.05. The summed E-state index contributed by atoms with van der Waals surface area (Å²) in [6, 6.07) is 0. The van der Waals surface area contributed by atoms with Gasteiger partial charge in [0, 0.05) is 0 Å². The maximum atomic E-state index is 9.23. The minimum absolute atomic E-state index is 0.105. The lowest BCUT2D eigenvalue weighted by Gasteiger charge is -2.01. The van der Waals surface area contributed by atoms with Gasteiger partial charge in [-0.2, -0.15) is 0 Å². The minimum atomic E-state index is 0.105. The second-order valence-electron chi connectivity index (χ2n) is 3.75. The molecule has 0 radical (unpaired) electrons. The standard InChI is InChI=1S/C7H10O/c8-6-1-4-2-7(4)3-5(6)7/h4-6,8H,1-3H2. The summed E-state index contributed by atoms with van der Waals surface area (Å²) >= 11 is 0. The first-order chi connectivity index (χ1) is 3.83. The third-order valence-electron chi connectivity index (χ3n) is 3.45. The second kappa shape index (κ2) is 0.766. The fourth-order valence-electron chi connectivity index (χ4n) is 2.75. The first-order valence-corrected chi connectivity index (χ1v) is 3.51. The van der Waals surface area contributed by atoms with E-state index in [1.165, 1.54) is 12.8 Å². The summed E-state index contributed by atoms with van der Waals surface area (Å²) < 4.78 is 0. The molecule has 4 atom stereocenters. The number of aliphatic hydroxyl groups excluding tert-OH is 1. The van der Waals surface area contributed by atoms with Crippen LogP contribution < -0.4 is 0 Å². The molecule has 0 aromatic rings. The largest absolute Gasteiger partial charge is 0.393 e. The van der Waals surface area contributed by atoms with Crippen LogP contribution in [0.5, 0.6) is 0 Å². The van der Waals surface area contributed by atoms with Gasteiger partial charge in [0.05, 0.1) is 6.10 Å². The van der Waals surface area contributed by atoms with E-state index in [1.54, 1.807) is 0 Å². The Hall–Kier alpha value is -0.0400. The van der Waals surface area contributed by atoms with Crippen LogP contribution in [0.15, 0.2) is 0 Å². The van der Waals surface area contributed by atoms with E-state index in [0.717, 1.165) is 23.7 Å². The van der Waals surface area contributed by atoms with Gasteiger partial charge in [-0.15, -0.1) is 0 Å². The molecule has 3 aliphatic carbocycles. The lowest BCUT2D eigenvalue weighted by molar-refractivity contribution is 0.148. The zero-order chi connectivity index (χ0) is 5.35. The molecule has 0 aromatic heterocycles. The van der Waals surface area contributed by atoms with Crippen molar-refractivity contribution in [3.05, 3.63) is 0 Å². The highest BCUT2D eigenvalue weighted by atomic mass is 16.3. The van der Waals surface area contributed by atoms with Gasteiger partial charge in [0.25, 0.3) is 0 Å². The van der Waals surface area contributed by atoms with Gasteiger partial charge in [-0.1, -0.05) is 0 Å². The van der Waals surface area contributed by atoms with Crippen molar-refractivity contribution in [3.8, 4) is 0 Å². The number of aliphatic hydroxyl groups is 1. The molecular formula is C7H10O. The van der Waals surface area contributed by atoms with Crippen LogP contribution in [0.2, 0.25) is 0 Å². The minimum Gasteiger partial charge on any atom is -0.393 e.